The topological polar surface area (TPSA) is 108 Å². The van der Waals surface area contributed by atoms with Gasteiger partial charge in [0.05, 0.1) is 42.7 Å². The van der Waals surface area contributed by atoms with Crippen molar-refractivity contribution in [2.75, 3.05) is 49.2 Å². The average molecular weight is 465 g/mol. The fourth-order valence-electron chi connectivity index (χ4n) is 3.50. The minimum Gasteiger partial charge on any atom is -0.493 e. The summed E-state index contributed by atoms with van der Waals surface area (Å²) in [6, 6.07) is 7.43. The number of amides is 1. The van der Waals surface area contributed by atoms with Gasteiger partial charge in [0.1, 0.15) is 0 Å². The Kier molecular flexibility index (Phi) is 9.89. The number of methoxy groups -OCH3 is 6. The second kappa shape index (κ2) is 12.6. The number of rotatable bonds is 13. The van der Waals surface area contributed by atoms with Crippen LogP contribution in [0.2, 0.25) is 0 Å². The molecule has 2 rings (SSSR count). The van der Waals surface area contributed by atoms with Gasteiger partial charge in [-0.3, -0.25) is 14.9 Å². The summed E-state index contributed by atoms with van der Waals surface area (Å²) < 4.78 is 32.6. The predicted molar refractivity (Wildman–Crippen MR) is 121 cm³/mol. The molecule has 0 saturated heterocycles. The molecule has 2 aromatic rings. The number of nitrogens with zero attached hydrogens (tertiary/aromatic N) is 1. The number of nitrogens with one attached hydrogen (secondary N) is 1. The van der Waals surface area contributed by atoms with E-state index in [2.05, 4.69) is 0 Å². The molecule has 182 valence electrons. The highest BCUT2D eigenvalue weighted by atomic mass is 16.5. The smallest absolute Gasteiger partial charge is 0.244 e. The maximum atomic E-state index is 11.7. The van der Waals surface area contributed by atoms with Crippen molar-refractivity contribution in [2.45, 2.75) is 19.5 Å². The molecule has 0 fully saturated rings. The highest BCUT2D eigenvalue weighted by Crippen LogP contribution is 2.40. The van der Waals surface area contributed by atoms with E-state index in [9.17, 15) is 4.79 Å². The van der Waals surface area contributed by atoms with Gasteiger partial charge in [-0.15, -0.1) is 0 Å². The number of carbonyl (C=O) groups is 1. The highest BCUT2D eigenvalue weighted by molar-refractivity contribution is 5.74. The van der Waals surface area contributed by atoms with Crippen LogP contribution in [0.3, 0.4) is 0 Å². The maximum absolute atomic E-state index is 11.7. The summed E-state index contributed by atoms with van der Waals surface area (Å²) in [5, 5.41) is 8.90. The molecule has 0 aromatic heterocycles. The third kappa shape index (κ3) is 6.56. The van der Waals surface area contributed by atoms with Crippen LogP contribution in [0.1, 0.15) is 17.5 Å². The highest BCUT2D eigenvalue weighted by Gasteiger charge is 2.18. The molecule has 0 aliphatic carbocycles. The quantitative estimate of drug-likeness (QED) is 0.342. The van der Waals surface area contributed by atoms with Gasteiger partial charge in [-0.1, -0.05) is 0 Å². The van der Waals surface area contributed by atoms with Gasteiger partial charge in [0.2, 0.25) is 17.4 Å². The molecule has 2 aromatic carbocycles. The summed E-state index contributed by atoms with van der Waals surface area (Å²) in [5.41, 5.74) is 3.45. The molecule has 1 amide bonds. The molecule has 0 radical (unpaired) electrons. The van der Waals surface area contributed by atoms with E-state index in [1.54, 1.807) is 48.1 Å². The van der Waals surface area contributed by atoms with Crippen molar-refractivity contribution in [3.05, 3.63) is 35.4 Å². The van der Waals surface area contributed by atoms with Crippen LogP contribution in [0.4, 0.5) is 0 Å². The van der Waals surface area contributed by atoms with Crippen LogP contribution in [-0.4, -0.2) is 65.2 Å². The molecule has 0 aliphatic rings. The lowest BCUT2D eigenvalue weighted by molar-refractivity contribution is -0.129. The van der Waals surface area contributed by atoms with Gasteiger partial charge >= 0.3 is 0 Å². The lowest BCUT2D eigenvalue weighted by Gasteiger charge is -2.24. The van der Waals surface area contributed by atoms with Crippen molar-refractivity contribution in [3.8, 4) is 34.5 Å². The molecule has 0 heterocycles. The number of hydroxylamine groups is 1. The van der Waals surface area contributed by atoms with Crippen LogP contribution < -0.4 is 33.9 Å². The van der Waals surface area contributed by atoms with E-state index in [1.165, 1.54) is 0 Å². The Bertz CT molecular complexity index is 819. The molecular formula is C23H32N2O8. The number of hydrogen-bond acceptors (Lipinski definition) is 9. The molecule has 0 saturated carbocycles. The second-order valence-corrected chi connectivity index (χ2v) is 7.06. The summed E-state index contributed by atoms with van der Waals surface area (Å²) in [6.07, 6.45) is 0.103. The Balaban J connectivity index is 2.39. The van der Waals surface area contributed by atoms with Crippen LogP contribution in [0, 0.1) is 0 Å². The Morgan fingerprint density at radius 2 is 1.09 bits per heavy atom. The van der Waals surface area contributed by atoms with Gasteiger partial charge in [-0.05, 0) is 35.4 Å². The van der Waals surface area contributed by atoms with E-state index < -0.39 is 5.91 Å². The normalized spacial score (nSPS) is 10.5. The third-order valence-electron chi connectivity index (χ3n) is 5.04. The lowest BCUT2D eigenvalue weighted by Crippen LogP contribution is -2.29. The predicted octanol–water partition coefficient (Wildman–Crippen LogP) is 2.64. The van der Waals surface area contributed by atoms with Gasteiger partial charge in [-0.2, -0.15) is 0 Å². The first-order valence-corrected chi connectivity index (χ1v) is 10.2. The minimum atomic E-state index is -0.477. The number of ether oxygens (including phenoxy) is 6. The van der Waals surface area contributed by atoms with Crippen molar-refractivity contribution in [1.82, 2.24) is 10.4 Å². The fraction of sp³-hybridized carbons (Fsp3) is 0.435. The SMILES string of the molecule is COc1cc(CN(CCC(=O)NO)Cc2cc(OC)c(OC)c(OC)c2)cc(OC)c1OC. The van der Waals surface area contributed by atoms with E-state index in [-0.39, 0.29) is 6.42 Å². The molecule has 0 unspecified atom stereocenters. The molecule has 0 aliphatic heterocycles. The Hall–Kier alpha value is -3.37. The molecule has 10 heteroatoms. The zero-order valence-electron chi connectivity index (χ0n) is 19.9. The van der Waals surface area contributed by atoms with E-state index in [1.807, 2.05) is 29.2 Å². The first-order valence-electron chi connectivity index (χ1n) is 10.2. The van der Waals surface area contributed by atoms with Gasteiger partial charge in [0.15, 0.2) is 23.0 Å². The van der Waals surface area contributed by atoms with Crippen molar-refractivity contribution >= 4 is 5.91 Å². The molecule has 33 heavy (non-hydrogen) atoms. The molecule has 0 atom stereocenters. The first kappa shape index (κ1) is 25.9. The van der Waals surface area contributed by atoms with Gasteiger partial charge < -0.3 is 28.4 Å². The second-order valence-electron chi connectivity index (χ2n) is 7.06. The van der Waals surface area contributed by atoms with Crippen molar-refractivity contribution < 1.29 is 38.4 Å². The van der Waals surface area contributed by atoms with Gasteiger partial charge in [0.25, 0.3) is 0 Å². The number of hydrogen-bond donors (Lipinski definition) is 2. The van der Waals surface area contributed by atoms with Crippen LogP contribution in [0.15, 0.2) is 24.3 Å². The summed E-state index contributed by atoms with van der Waals surface area (Å²) in [4.78, 5) is 13.7. The molecular weight excluding hydrogens is 432 g/mol. The maximum Gasteiger partial charge on any atom is 0.244 e. The Morgan fingerprint density at radius 3 is 1.36 bits per heavy atom. The van der Waals surface area contributed by atoms with Crippen molar-refractivity contribution in [1.29, 1.82) is 0 Å². The third-order valence-corrected chi connectivity index (χ3v) is 5.04. The fourth-order valence-corrected chi connectivity index (χ4v) is 3.50. The van der Waals surface area contributed by atoms with Gasteiger partial charge in [0, 0.05) is 26.1 Å². The summed E-state index contributed by atoms with van der Waals surface area (Å²) >= 11 is 0. The van der Waals surface area contributed by atoms with E-state index in [4.69, 9.17) is 33.6 Å². The molecule has 0 bridgehead atoms. The largest absolute Gasteiger partial charge is 0.493 e. The lowest BCUT2D eigenvalue weighted by atomic mass is 10.1. The van der Waals surface area contributed by atoms with E-state index >= 15 is 0 Å². The van der Waals surface area contributed by atoms with Crippen molar-refractivity contribution in [2.24, 2.45) is 0 Å². The van der Waals surface area contributed by atoms with E-state index in [0.717, 1.165) is 11.1 Å². The average Bonchev–Trinajstić information content (AvgIpc) is 2.85. The van der Waals surface area contributed by atoms with Crippen LogP contribution in [0.25, 0.3) is 0 Å². The summed E-state index contributed by atoms with van der Waals surface area (Å²) in [6.45, 7) is 1.30. The molecule has 10 nitrogen and oxygen atoms in total. The van der Waals surface area contributed by atoms with Crippen LogP contribution >= 0.6 is 0 Å². The zero-order chi connectivity index (χ0) is 24.4. The summed E-state index contributed by atoms with van der Waals surface area (Å²) in [7, 11) is 9.32. The standard InChI is InChI=1S/C23H32N2O8/c1-28-17-9-15(10-18(29-2)22(17)32-5)13-25(8-7-21(26)24-27)14-16-11-19(30-3)23(33-6)20(12-16)31-4/h9-12,27H,7-8,13-14H2,1-6H3,(H,24,26). The van der Waals surface area contributed by atoms with Crippen LogP contribution in [-0.2, 0) is 17.9 Å². The van der Waals surface area contributed by atoms with Crippen molar-refractivity contribution in [3.63, 3.8) is 0 Å². The Morgan fingerprint density at radius 1 is 0.727 bits per heavy atom. The number of benzene rings is 2. The molecule has 2 N–H and O–H groups in total. The monoisotopic (exact) mass is 464 g/mol. The van der Waals surface area contributed by atoms with Gasteiger partial charge in [-0.25, -0.2) is 5.48 Å². The Labute approximate surface area is 193 Å². The first-order chi connectivity index (χ1) is 15.9. The number of carbonyl (C=O) groups excluding carboxylic acids is 1. The van der Waals surface area contributed by atoms with E-state index in [0.29, 0.717) is 54.1 Å². The zero-order valence-corrected chi connectivity index (χ0v) is 19.9. The van der Waals surface area contributed by atoms with Crippen LogP contribution in [0.5, 0.6) is 34.5 Å². The molecule has 0 spiro atoms. The minimum absolute atomic E-state index is 0.103. The summed E-state index contributed by atoms with van der Waals surface area (Å²) in [5.74, 6) is 2.66.